The highest BCUT2D eigenvalue weighted by molar-refractivity contribution is 9.10. The number of aromatic nitrogens is 3. The van der Waals surface area contributed by atoms with Crippen LogP contribution in [-0.4, -0.2) is 20.9 Å². The molecular weight excluding hydrogens is 384 g/mol. The van der Waals surface area contributed by atoms with Gasteiger partial charge in [-0.25, -0.2) is 4.98 Å². The lowest BCUT2D eigenvalue weighted by Gasteiger charge is -2.04. The zero-order chi connectivity index (χ0) is 17.2. The summed E-state index contributed by atoms with van der Waals surface area (Å²) in [5, 5.41) is 2.83. The Hall–Kier alpha value is -3.06. The summed E-state index contributed by atoms with van der Waals surface area (Å²) in [5.41, 5.74) is 3.18. The lowest BCUT2D eigenvalue weighted by molar-refractivity contribution is 0.102. The number of benzene rings is 1. The SMILES string of the molecule is O=C(Nc1ccc2oc(-c3cncc(Br)c3)nc2c1)c1cccnc1. The summed E-state index contributed by atoms with van der Waals surface area (Å²) in [7, 11) is 0. The molecule has 3 heterocycles. The molecule has 0 aliphatic carbocycles. The van der Waals surface area contributed by atoms with Crippen molar-refractivity contribution < 1.29 is 9.21 Å². The van der Waals surface area contributed by atoms with Gasteiger partial charge in [0.25, 0.3) is 5.91 Å². The molecule has 122 valence electrons. The number of carbonyl (C=O) groups excluding carboxylic acids is 1. The molecule has 25 heavy (non-hydrogen) atoms. The second-order valence-electron chi connectivity index (χ2n) is 5.29. The van der Waals surface area contributed by atoms with Crippen molar-refractivity contribution in [1.29, 1.82) is 0 Å². The maximum absolute atomic E-state index is 12.2. The Morgan fingerprint density at radius 3 is 2.80 bits per heavy atom. The third-order valence-electron chi connectivity index (χ3n) is 3.52. The topological polar surface area (TPSA) is 80.9 Å². The quantitative estimate of drug-likeness (QED) is 0.560. The lowest BCUT2D eigenvalue weighted by Crippen LogP contribution is -2.11. The molecule has 0 fully saturated rings. The average molecular weight is 395 g/mol. The first-order valence-electron chi connectivity index (χ1n) is 7.42. The van der Waals surface area contributed by atoms with Gasteiger partial charge in [0, 0.05) is 34.9 Å². The first-order valence-corrected chi connectivity index (χ1v) is 8.21. The van der Waals surface area contributed by atoms with Crippen LogP contribution < -0.4 is 5.32 Å². The summed E-state index contributed by atoms with van der Waals surface area (Å²) in [4.78, 5) is 24.7. The smallest absolute Gasteiger partial charge is 0.257 e. The number of amides is 1. The van der Waals surface area contributed by atoms with Crippen LogP contribution >= 0.6 is 15.9 Å². The number of oxazole rings is 1. The molecule has 7 heteroatoms. The van der Waals surface area contributed by atoms with Gasteiger partial charge in [0.15, 0.2) is 5.58 Å². The molecule has 0 atom stereocenters. The van der Waals surface area contributed by atoms with Gasteiger partial charge in [0.1, 0.15) is 5.52 Å². The zero-order valence-electron chi connectivity index (χ0n) is 12.8. The van der Waals surface area contributed by atoms with E-state index < -0.39 is 0 Å². The first kappa shape index (κ1) is 15.5. The van der Waals surface area contributed by atoms with Gasteiger partial charge < -0.3 is 9.73 Å². The monoisotopic (exact) mass is 394 g/mol. The van der Waals surface area contributed by atoms with E-state index in [-0.39, 0.29) is 5.91 Å². The Morgan fingerprint density at radius 1 is 1.08 bits per heavy atom. The fourth-order valence-corrected chi connectivity index (χ4v) is 2.72. The molecular formula is C18H11BrN4O2. The van der Waals surface area contributed by atoms with Crippen molar-refractivity contribution in [2.45, 2.75) is 0 Å². The van der Waals surface area contributed by atoms with E-state index in [1.165, 1.54) is 6.20 Å². The largest absolute Gasteiger partial charge is 0.436 e. The number of carbonyl (C=O) groups is 1. The third-order valence-corrected chi connectivity index (χ3v) is 3.95. The van der Waals surface area contributed by atoms with Gasteiger partial charge in [-0.3, -0.25) is 14.8 Å². The molecule has 0 aliphatic rings. The van der Waals surface area contributed by atoms with Crippen LogP contribution in [-0.2, 0) is 0 Å². The molecule has 0 unspecified atom stereocenters. The zero-order valence-corrected chi connectivity index (χ0v) is 14.4. The normalized spacial score (nSPS) is 10.8. The minimum Gasteiger partial charge on any atom is -0.436 e. The van der Waals surface area contributed by atoms with E-state index in [1.54, 1.807) is 48.9 Å². The molecule has 3 aromatic heterocycles. The van der Waals surface area contributed by atoms with E-state index in [2.05, 4.69) is 36.2 Å². The van der Waals surface area contributed by atoms with Gasteiger partial charge in [-0.05, 0) is 52.3 Å². The summed E-state index contributed by atoms with van der Waals surface area (Å²) < 4.78 is 6.60. The Kier molecular flexibility index (Phi) is 3.99. The van der Waals surface area contributed by atoms with Gasteiger partial charge in [-0.2, -0.15) is 0 Å². The van der Waals surface area contributed by atoms with Gasteiger partial charge in [-0.15, -0.1) is 0 Å². The molecule has 0 bridgehead atoms. The Balaban J connectivity index is 1.63. The summed E-state index contributed by atoms with van der Waals surface area (Å²) in [6.45, 7) is 0. The van der Waals surface area contributed by atoms with Crippen LogP contribution in [0.2, 0.25) is 0 Å². The summed E-state index contributed by atoms with van der Waals surface area (Å²) >= 11 is 3.38. The Morgan fingerprint density at radius 2 is 2.00 bits per heavy atom. The summed E-state index contributed by atoms with van der Waals surface area (Å²) in [5.74, 6) is 0.242. The molecule has 4 rings (SSSR count). The molecule has 4 aromatic rings. The first-order chi connectivity index (χ1) is 12.2. The van der Waals surface area contributed by atoms with Crippen molar-refractivity contribution in [2.75, 3.05) is 5.32 Å². The fourth-order valence-electron chi connectivity index (χ4n) is 2.36. The van der Waals surface area contributed by atoms with Crippen LogP contribution in [0, 0.1) is 0 Å². The maximum Gasteiger partial charge on any atom is 0.257 e. The number of rotatable bonds is 3. The highest BCUT2D eigenvalue weighted by Crippen LogP contribution is 2.27. The van der Waals surface area contributed by atoms with Gasteiger partial charge in [0.2, 0.25) is 5.89 Å². The van der Waals surface area contributed by atoms with E-state index in [0.29, 0.717) is 28.2 Å². The van der Waals surface area contributed by atoms with E-state index in [9.17, 15) is 4.79 Å². The van der Waals surface area contributed by atoms with Crippen molar-refractivity contribution in [3.63, 3.8) is 0 Å². The fraction of sp³-hybridized carbons (Fsp3) is 0. The van der Waals surface area contributed by atoms with Crippen LogP contribution in [0.3, 0.4) is 0 Å². The molecule has 0 spiro atoms. The van der Waals surface area contributed by atoms with Crippen LogP contribution in [0.4, 0.5) is 5.69 Å². The van der Waals surface area contributed by atoms with E-state index in [1.807, 2.05) is 6.07 Å². The summed E-state index contributed by atoms with van der Waals surface area (Å²) in [6.07, 6.45) is 6.51. The Labute approximate surface area is 151 Å². The van der Waals surface area contributed by atoms with E-state index in [0.717, 1.165) is 10.0 Å². The molecule has 1 N–H and O–H groups in total. The standard InChI is InChI=1S/C18H11BrN4O2/c19-13-6-12(9-21-10-13)18-23-15-7-14(3-4-16(15)25-18)22-17(24)11-2-1-5-20-8-11/h1-10H,(H,22,24). The number of hydrogen-bond donors (Lipinski definition) is 1. The highest BCUT2D eigenvalue weighted by atomic mass is 79.9. The number of halogens is 1. The number of anilines is 1. The molecule has 0 saturated heterocycles. The number of pyridine rings is 2. The number of fused-ring (bicyclic) bond motifs is 1. The highest BCUT2D eigenvalue weighted by Gasteiger charge is 2.11. The molecule has 0 radical (unpaired) electrons. The minimum atomic E-state index is -0.229. The van der Waals surface area contributed by atoms with Crippen molar-refractivity contribution in [3.8, 4) is 11.5 Å². The van der Waals surface area contributed by atoms with E-state index in [4.69, 9.17) is 4.42 Å². The Bertz CT molecular complexity index is 1060. The number of nitrogens with one attached hydrogen (secondary N) is 1. The predicted octanol–water partition coefficient (Wildman–Crippen LogP) is 4.30. The van der Waals surface area contributed by atoms with Gasteiger partial charge in [-0.1, -0.05) is 0 Å². The molecule has 1 amide bonds. The van der Waals surface area contributed by atoms with Crippen LogP contribution in [0.15, 0.2) is 70.1 Å². The second-order valence-corrected chi connectivity index (χ2v) is 6.20. The molecule has 6 nitrogen and oxygen atoms in total. The van der Waals surface area contributed by atoms with Gasteiger partial charge in [0.05, 0.1) is 11.1 Å². The van der Waals surface area contributed by atoms with Crippen molar-refractivity contribution in [2.24, 2.45) is 0 Å². The number of hydrogen-bond acceptors (Lipinski definition) is 5. The summed E-state index contributed by atoms with van der Waals surface area (Å²) in [6, 6.07) is 10.6. The molecule has 0 aliphatic heterocycles. The second kappa shape index (κ2) is 6.45. The molecule has 0 saturated carbocycles. The van der Waals surface area contributed by atoms with Crippen molar-refractivity contribution >= 4 is 38.6 Å². The van der Waals surface area contributed by atoms with E-state index >= 15 is 0 Å². The van der Waals surface area contributed by atoms with Gasteiger partial charge >= 0.3 is 0 Å². The number of nitrogens with zero attached hydrogens (tertiary/aromatic N) is 3. The van der Waals surface area contributed by atoms with Crippen LogP contribution in [0.25, 0.3) is 22.6 Å². The minimum absolute atomic E-state index is 0.229. The predicted molar refractivity (Wildman–Crippen MR) is 97.1 cm³/mol. The van der Waals surface area contributed by atoms with Crippen LogP contribution in [0.1, 0.15) is 10.4 Å². The van der Waals surface area contributed by atoms with Crippen molar-refractivity contribution in [1.82, 2.24) is 15.0 Å². The molecule has 1 aromatic carbocycles. The average Bonchev–Trinajstić information content (AvgIpc) is 3.06. The van der Waals surface area contributed by atoms with Crippen LogP contribution in [0.5, 0.6) is 0 Å². The maximum atomic E-state index is 12.2. The third kappa shape index (κ3) is 3.27. The van der Waals surface area contributed by atoms with Crippen molar-refractivity contribution in [3.05, 3.63) is 71.2 Å². The lowest BCUT2D eigenvalue weighted by atomic mass is 10.2.